The Morgan fingerprint density at radius 1 is 1.06 bits per heavy atom. The van der Waals surface area contributed by atoms with E-state index in [0.717, 1.165) is 58.2 Å². The number of amides is 2. The van der Waals surface area contributed by atoms with Crippen LogP contribution in [0.1, 0.15) is 54.3 Å². The van der Waals surface area contributed by atoms with Crippen molar-refractivity contribution in [2.75, 3.05) is 52.5 Å². The summed E-state index contributed by atoms with van der Waals surface area (Å²) in [6.07, 6.45) is 1.59. The van der Waals surface area contributed by atoms with Crippen LogP contribution in [0, 0.1) is 0 Å². The predicted octanol–water partition coefficient (Wildman–Crippen LogP) is 2.35. The fourth-order valence-electron chi connectivity index (χ4n) is 3.93. The SMILES string of the molecule is CCNC(=NCC(C)(C)N1CCOCC1)NCCCCN1C(=O)c2ccccc2C1=O.I. The van der Waals surface area contributed by atoms with E-state index in [9.17, 15) is 9.59 Å². The van der Waals surface area contributed by atoms with Crippen molar-refractivity contribution in [3.05, 3.63) is 35.4 Å². The zero-order valence-corrected chi connectivity index (χ0v) is 21.7. The number of fused-ring (bicyclic) bond motifs is 1. The fourth-order valence-corrected chi connectivity index (χ4v) is 3.93. The molecule has 2 amide bonds. The average Bonchev–Trinajstić information content (AvgIpc) is 3.02. The standard InChI is InChI=1S/C23H35N5O3.HI/c1-4-24-22(26-17-23(2,3)27-13-15-31-16-14-27)25-11-7-8-12-28-20(29)18-9-5-6-10-19(18)21(28)30;/h5-6,9-10H,4,7-8,11-17H2,1-3H3,(H2,24,25,26);1H. The molecular formula is C23H36IN5O3. The van der Waals surface area contributed by atoms with Gasteiger partial charge in [-0.15, -0.1) is 24.0 Å². The van der Waals surface area contributed by atoms with Gasteiger partial charge >= 0.3 is 0 Å². The molecule has 0 saturated carbocycles. The maximum absolute atomic E-state index is 12.4. The zero-order chi connectivity index (χ0) is 22.3. The van der Waals surface area contributed by atoms with Gasteiger partial charge in [-0.05, 0) is 45.7 Å². The zero-order valence-electron chi connectivity index (χ0n) is 19.4. The van der Waals surface area contributed by atoms with E-state index in [-0.39, 0.29) is 41.3 Å². The highest BCUT2D eigenvalue weighted by molar-refractivity contribution is 14.0. The van der Waals surface area contributed by atoms with E-state index in [1.807, 2.05) is 6.92 Å². The van der Waals surface area contributed by atoms with Crippen LogP contribution < -0.4 is 10.6 Å². The van der Waals surface area contributed by atoms with Crippen LogP contribution in [0.2, 0.25) is 0 Å². The third-order valence-corrected chi connectivity index (χ3v) is 5.81. The lowest BCUT2D eigenvalue weighted by atomic mass is 10.0. The van der Waals surface area contributed by atoms with Crippen LogP contribution in [0.25, 0.3) is 0 Å². The molecule has 8 nitrogen and oxygen atoms in total. The second-order valence-electron chi connectivity index (χ2n) is 8.55. The fraction of sp³-hybridized carbons (Fsp3) is 0.609. The van der Waals surface area contributed by atoms with Crippen molar-refractivity contribution in [2.45, 2.75) is 39.2 Å². The number of aliphatic imine (C=N–C) groups is 1. The smallest absolute Gasteiger partial charge is 0.261 e. The molecule has 0 radical (unpaired) electrons. The summed E-state index contributed by atoms with van der Waals surface area (Å²) in [7, 11) is 0. The predicted molar refractivity (Wildman–Crippen MR) is 137 cm³/mol. The number of hydrogen-bond donors (Lipinski definition) is 2. The summed E-state index contributed by atoms with van der Waals surface area (Å²) in [6.45, 7) is 12.5. The van der Waals surface area contributed by atoms with Crippen molar-refractivity contribution < 1.29 is 14.3 Å². The van der Waals surface area contributed by atoms with Gasteiger partial charge in [0.2, 0.25) is 0 Å². The monoisotopic (exact) mass is 557 g/mol. The Hall–Kier alpha value is -1.72. The molecule has 2 aliphatic rings. The number of halogens is 1. The van der Waals surface area contributed by atoms with E-state index in [1.165, 1.54) is 4.90 Å². The van der Waals surface area contributed by atoms with Gasteiger partial charge in [0, 0.05) is 38.3 Å². The summed E-state index contributed by atoms with van der Waals surface area (Å²) in [4.78, 5) is 33.4. The Morgan fingerprint density at radius 3 is 2.28 bits per heavy atom. The summed E-state index contributed by atoms with van der Waals surface area (Å²) < 4.78 is 5.46. The van der Waals surface area contributed by atoms with Crippen LogP contribution in [0.3, 0.4) is 0 Å². The van der Waals surface area contributed by atoms with Crippen molar-refractivity contribution in [3.8, 4) is 0 Å². The number of unbranched alkanes of at least 4 members (excludes halogenated alkanes) is 1. The largest absolute Gasteiger partial charge is 0.379 e. The van der Waals surface area contributed by atoms with E-state index in [2.05, 4.69) is 29.4 Å². The first-order chi connectivity index (χ1) is 14.9. The van der Waals surface area contributed by atoms with Gasteiger partial charge < -0.3 is 15.4 Å². The minimum absolute atomic E-state index is 0. The number of morpholine rings is 1. The maximum atomic E-state index is 12.4. The third kappa shape index (κ3) is 6.64. The average molecular weight is 557 g/mol. The van der Waals surface area contributed by atoms with Gasteiger partial charge in [-0.25, -0.2) is 0 Å². The van der Waals surface area contributed by atoms with Crippen LogP contribution in [-0.2, 0) is 4.74 Å². The molecule has 1 aromatic carbocycles. The molecule has 32 heavy (non-hydrogen) atoms. The first-order valence-corrected chi connectivity index (χ1v) is 11.2. The number of nitrogens with one attached hydrogen (secondary N) is 2. The number of benzene rings is 1. The van der Waals surface area contributed by atoms with Gasteiger partial charge in [0.1, 0.15) is 0 Å². The van der Waals surface area contributed by atoms with Gasteiger partial charge in [0.05, 0.1) is 30.9 Å². The third-order valence-electron chi connectivity index (χ3n) is 5.81. The molecule has 0 atom stereocenters. The molecule has 1 saturated heterocycles. The van der Waals surface area contributed by atoms with Gasteiger partial charge in [0.15, 0.2) is 5.96 Å². The summed E-state index contributed by atoms with van der Waals surface area (Å²) in [6, 6.07) is 7.02. The summed E-state index contributed by atoms with van der Waals surface area (Å²) >= 11 is 0. The molecule has 1 fully saturated rings. The molecule has 2 aliphatic heterocycles. The molecule has 2 N–H and O–H groups in total. The molecule has 178 valence electrons. The highest BCUT2D eigenvalue weighted by Gasteiger charge is 2.34. The molecule has 0 aromatic heterocycles. The van der Waals surface area contributed by atoms with E-state index in [1.54, 1.807) is 24.3 Å². The number of nitrogens with zero attached hydrogens (tertiary/aromatic N) is 3. The lowest BCUT2D eigenvalue weighted by Gasteiger charge is -2.39. The number of rotatable bonds is 9. The number of carbonyl (C=O) groups is 2. The normalized spacial score (nSPS) is 17.2. The molecule has 0 spiro atoms. The highest BCUT2D eigenvalue weighted by atomic mass is 127. The number of hydrogen-bond acceptors (Lipinski definition) is 5. The summed E-state index contributed by atoms with van der Waals surface area (Å²) in [5.41, 5.74) is 0.989. The number of carbonyl (C=O) groups excluding carboxylic acids is 2. The molecule has 0 bridgehead atoms. The topological polar surface area (TPSA) is 86.3 Å². The highest BCUT2D eigenvalue weighted by Crippen LogP contribution is 2.22. The lowest BCUT2D eigenvalue weighted by molar-refractivity contribution is -0.00683. The van der Waals surface area contributed by atoms with Crippen LogP contribution in [0.15, 0.2) is 29.3 Å². The molecule has 0 unspecified atom stereocenters. The number of guanidine groups is 1. The molecular weight excluding hydrogens is 521 g/mol. The number of ether oxygens (including phenoxy) is 1. The van der Waals surface area contributed by atoms with E-state index in [0.29, 0.717) is 24.2 Å². The first-order valence-electron chi connectivity index (χ1n) is 11.2. The van der Waals surface area contributed by atoms with Crippen molar-refractivity contribution >= 4 is 41.8 Å². The van der Waals surface area contributed by atoms with Crippen molar-refractivity contribution in [1.82, 2.24) is 20.4 Å². The second-order valence-corrected chi connectivity index (χ2v) is 8.55. The van der Waals surface area contributed by atoms with Crippen molar-refractivity contribution in [1.29, 1.82) is 0 Å². The number of imide groups is 1. The molecule has 2 heterocycles. The van der Waals surface area contributed by atoms with Gasteiger partial charge in [-0.2, -0.15) is 0 Å². The lowest BCUT2D eigenvalue weighted by Crippen LogP contribution is -2.52. The Labute approximate surface area is 208 Å². The summed E-state index contributed by atoms with van der Waals surface area (Å²) in [5, 5.41) is 6.66. The Bertz CT molecular complexity index is 774. The summed E-state index contributed by atoms with van der Waals surface area (Å²) in [5.74, 6) is 0.423. The first kappa shape index (κ1) is 26.5. The minimum atomic E-state index is -0.186. The Morgan fingerprint density at radius 2 is 1.69 bits per heavy atom. The Balaban J connectivity index is 0.00000363. The van der Waals surface area contributed by atoms with Gasteiger partial charge in [0.25, 0.3) is 11.8 Å². The minimum Gasteiger partial charge on any atom is -0.379 e. The van der Waals surface area contributed by atoms with Crippen molar-refractivity contribution in [2.24, 2.45) is 4.99 Å². The van der Waals surface area contributed by atoms with Gasteiger partial charge in [-0.1, -0.05) is 12.1 Å². The molecule has 0 aliphatic carbocycles. The van der Waals surface area contributed by atoms with E-state index < -0.39 is 0 Å². The maximum Gasteiger partial charge on any atom is 0.261 e. The van der Waals surface area contributed by atoms with Gasteiger partial charge in [-0.3, -0.25) is 24.4 Å². The second kappa shape index (κ2) is 12.5. The van der Waals surface area contributed by atoms with E-state index in [4.69, 9.17) is 9.73 Å². The van der Waals surface area contributed by atoms with Crippen molar-refractivity contribution in [3.63, 3.8) is 0 Å². The van der Waals surface area contributed by atoms with Crippen LogP contribution >= 0.6 is 24.0 Å². The Kier molecular flexibility index (Phi) is 10.4. The van der Waals surface area contributed by atoms with E-state index >= 15 is 0 Å². The van der Waals surface area contributed by atoms with Crippen LogP contribution in [0.4, 0.5) is 0 Å². The molecule has 1 aromatic rings. The molecule has 3 rings (SSSR count). The van der Waals surface area contributed by atoms with Crippen LogP contribution in [-0.4, -0.2) is 85.6 Å². The van der Waals surface area contributed by atoms with Crippen LogP contribution in [0.5, 0.6) is 0 Å². The molecule has 9 heteroatoms. The quantitative estimate of drug-likeness (QED) is 0.160.